The molecule has 0 saturated carbocycles. The predicted octanol–water partition coefficient (Wildman–Crippen LogP) is 6.80. The number of aromatic nitrogens is 4. The quantitative estimate of drug-likeness (QED) is 0.200. The summed E-state index contributed by atoms with van der Waals surface area (Å²) in [7, 11) is 0. The molecule has 3 aromatic carbocycles. The fraction of sp³-hybridized carbons (Fsp3) is 0.0667. The van der Waals surface area contributed by atoms with Gasteiger partial charge < -0.3 is 9.73 Å². The first-order chi connectivity index (χ1) is 19.3. The number of furan rings is 1. The lowest BCUT2D eigenvalue weighted by Gasteiger charge is -2.19. The molecule has 0 bridgehead atoms. The number of carbonyl (C=O) groups is 1. The predicted molar refractivity (Wildman–Crippen MR) is 153 cm³/mol. The number of hydrogen-bond donors (Lipinski definition) is 1. The Morgan fingerprint density at radius 3 is 2.18 bits per heavy atom. The molecule has 3 heterocycles. The van der Waals surface area contributed by atoms with E-state index < -0.39 is 0 Å². The minimum Gasteiger partial charge on any atom is -0.461 e. The highest BCUT2D eigenvalue weighted by Crippen LogP contribution is 2.31. The molecule has 0 unspecified atom stereocenters. The van der Waals surface area contributed by atoms with E-state index in [2.05, 4.69) is 20.5 Å². The van der Waals surface area contributed by atoms with Crippen LogP contribution in [0.5, 0.6) is 0 Å². The Bertz CT molecular complexity index is 1610. The van der Waals surface area contributed by atoms with Crippen LogP contribution in [0.3, 0.4) is 0 Å². The number of para-hydroxylation sites is 1. The summed E-state index contributed by atoms with van der Waals surface area (Å²) < 4.78 is 7.56. The Morgan fingerprint density at radius 1 is 0.872 bits per heavy atom. The van der Waals surface area contributed by atoms with Crippen LogP contribution in [0.25, 0.3) is 17.3 Å². The normalized spacial score (nSPS) is 11.1. The van der Waals surface area contributed by atoms with Crippen molar-refractivity contribution in [1.82, 2.24) is 25.1 Å². The minimum absolute atomic E-state index is 0.215. The van der Waals surface area contributed by atoms with E-state index in [4.69, 9.17) is 4.42 Å². The molecular formula is C30H23N5O2S2. The average Bonchev–Trinajstić information content (AvgIpc) is 3.77. The van der Waals surface area contributed by atoms with Gasteiger partial charge in [-0.15, -0.1) is 21.5 Å². The van der Waals surface area contributed by atoms with E-state index in [1.807, 2.05) is 108 Å². The lowest BCUT2D eigenvalue weighted by atomic mass is 9.98. The molecule has 0 aliphatic rings. The van der Waals surface area contributed by atoms with Crippen molar-refractivity contribution in [3.05, 3.63) is 137 Å². The number of amides is 1. The van der Waals surface area contributed by atoms with E-state index in [0.29, 0.717) is 28.2 Å². The highest BCUT2D eigenvalue weighted by molar-refractivity contribution is 7.98. The van der Waals surface area contributed by atoms with Crippen molar-refractivity contribution < 1.29 is 9.21 Å². The Morgan fingerprint density at radius 2 is 1.54 bits per heavy atom. The molecule has 0 aliphatic heterocycles. The van der Waals surface area contributed by atoms with Crippen LogP contribution in [-0.4, -0.2) is 25.7 Å². The molecule has 192 valence electrons. The topological polar surface area (TPSA) is 85.8 Å². The lowest BCUT2D eigenvalue weighted by Crippen LogP contribution is -2.29. The Balaban J connectivity index is 1.20. The maximum absolute atomic E-state index is 13.3. The summed E-state index contributed by atoms with van der Waals surface area (Å²) in [5, 5.41) is 15.3. The monoisotopic (exact) mass is 549 g/mol. The van der Waals surface area contributed by atoms with Gasteiger partial charge in [-0.05, 0) is 35.4 Å². The summed E-state index contributed by atoms with van der Waals surface area (Å²) in [5.41, 5.74) is 3.35. The van der Waals surface area contributed by atoms with Gasteiger partial charge in [0.2, 0.25) is 5.82 Å². The first-order valence-corrected chi connectivity index (χ1v) is 14.2. The zero-order valence-corrected chi connectivity index (χ0v) is 22.3. The zero-order valence-electron chi connectivity index (χ0n) is 20.7. The van der Waals surface area contributed by atoms with Crippen molar-refractivity contribution in [2.24, 2.45) is 0 Å². The van der Waals surface area contributed by atoms with Crippen LogP contribution < -0.4 is 5.32 Å². The number of nitrogens with zero attached hydrogens (tertiary/aromatic N) is 4. The summed E-state index contributed by atoms with van der Waals surface area (Å²) in [5.74, 6) is 1.59. The van der Waals surface area contributed by atoms with Crippen molar-refractivity contribution in [1.29, 1.82) is 0 Å². The first-order valence-electron chi connectivity index (χ1n) is 12.3. The second-order valence-electron chi connectivity index (χ2n) is 8.60. The van der Waals surface area contributed by atoms with Crippen molar-refractivity contribution in [3.63, 3.8) is 0 Å². The number of nitrogens with one attached hydrogen (secondary N) is 1. The average molecular weight is 550 g/mol. The zero-order chi connectivity index (χ0) is 26.4. The molecule has 9 heteroatoms. The first kappa shape index (κ1) is 24.8. The van der Waals surface area contributed by atoms with Crippen LogP contribution in [0, 0.1) is 0 Å². The third kappa shape index (κ3) is 5.55. The van der Waals surface area contributed by atoms with E-state index in [0.717, 1.165) is 21.8 Å². The molecule has 1 N–H and O–H groups in total. The van der Waals surface area contributed by atoms with Crippen LogP contribution in [0.15, 0.2) is 124 Å². The Labute approximate surface area is 233 Å². The molecule has 0 aliphatic carbocycles. The molecule has 3 aromatic heterocycles. The lowest BCUT2D eigenvalue weighted by molar-refractivity contribution is 0.0938. The molecule has 0 radical (unpaired) electrons. The number of rotatable bonds is 9. The van der Waals surface area contributed by atoms with Gasteiger partial charge in [-0.25, -0.2) is 4.98 Å². The highest BCUT2D eigenvalue weighted by atomic mass is 32.2. The molecular weight excluding hydrogens is 526 g/mol. The molecule has 6 rings (SSSR count). The van der Waals surface area contributed by atoms with Gasteiger partial charge in [-0.3, -0.25) is 9.36 Å². The molecule has 0 atom stereocenters. The smallest absolute Gasteiger partial charge is 0.271 e. The van der Waals surface area contributed by atoms with Gasteiger partial charge in [0.1, 0.15) is 10.7 Å². The fourth-order valence-corrected chi connectivity index (χ4v) is 5.95. The standard InChI is InChI=1S/C30H23N5O2S2/c36-29(32-27(21-11-4-1-5-12-21)22-13-6-2-7-14-22)24-19-38-26(31-24)20-39-30-34-33-28(25-17-10-18-37-25)35(30)23-15-8-3-9-16-23/h1-19,27H,20H2,(H,32,36). The number of benzene rings is 3. The van der Waals surface area contributed by atoms with Crippen LogP contribution >= 0.6 is 23.1 Å². The molecule has 7 nitrogen and oxygen atoms in total. The summed E-state index contributed by atoms with van der Waals surface area (Å²) in [6.45, 7) is 0. The molecule has 1 amide bonds. The van der Waals surface area contributed by atoms with E-state index in [-0.39, 0.29) is 11.9 Å². The maximum atomic E-state index is 13.3. The van der Waals surface area contributed by atoms with Gasteiger partial charge in [-0.2, -0.15) is 0 Å². The maximum Gasteiger partial charge on any atom is 0.271 e. The molecule has 0 fully saturated rings. The minimum atomic E-state index is -0.274. The van der Waals surface area contributed by atoms with Crippen molar-refractivity contribution in [2.75, 3.05) is 0 Å². The second-order valence-corrected chi connectivity index (χ2v) is 10.5. The number of thioether (sulfide) groups is 1. The molecule has 39 heavy (non-hydrogen) atoms. The molecule has 0 spiro atoms. The summed E-state index contributed by atoms with van der Waals surface area (Å²) in [6, 6.07) is 33.2. The van der Waals surface area contributed by atoms with Crippen molar-refractivity contribution in [3.8, 4) is 17.3 Å². The number of hydrogen-bond acceptors (Lipinski definition) is 7. The Hall–Kier alpha value is -4.47. The van der Waals surface area contributed by atoms with Crippen molar-refractivity contribution >= 4 is 29.0 Å². The highest BCUT2D eigenvalue weighted by Gasteiger charge is 2.21. The van der Waals surface area contributed by atoms with Crippen molar-refractivity contribution in [2.45, 2.75) is 17.0 Å². The van der Waals surface area contributed by atoms with Gasteiger partial charge in [-0.1, -0.05) is 90.6 Å². The van der Waals surface area contributed by atoms with Gasteiger partial charge in [0.05, 0.1) is 18.1 Å². The number of carbonyl (C=O) groups excluding carboxylic acids is 1. The SMILES string of the molecule is O=C(NC(c1ccccc1)c1ccccc1)c1csc(CSc2nnc(-c3ccco3)n2-c2ccccc2)n1. The van der Waals surface area contributed by atoms with E-state index in [1.165, 1.54) is 23.1 Å². The van der Waals surface area contributed by atoms with E-state index >= 15 is 0 Å². The van der Waals surface area contributed by atoms with Gasteiger partial charge in [0.15, 0.2) is 10.9 Å². The molecule has 6 aromatic rings. The summed E-state index contributed by atoms with van der Waals surface area (Å²) >= 11 is 2.96. The van der Waals surface area contributed by atoms with E-state index in [9.17, 15) is 4.79 Å². The van der Waals surface area contributed by atoms with Gasteiger partial charge >= 0.3 is 0 Å². The van der Waals surface area contributed by atoms with E-state index in [1.54, 1.807) is 11.6 Å². The number of thiazole rings is 1. The van der Waals surface area contributed by atoms with Crippen LogP contribution in [0.1, 0.15) is 32.7 Å². The summed E-state index contributed by atoms with van der Waals surface area (Å²) in [4.78, 5) is 17.9. The van der Waals surface area contributed by atoms with Gasteiger partial charge in [0.25, 0.3) is 5.91 Å². The van der Waals surface area contributed by atoms with Crippen LogP contribution in [0.2, 0.25) is 0 Å². The Kier molecular flexibility index (Phi) is 7.33. The van der Waals surface area contributed by atoms with Crippen LogP contribution in [-0.2, 0) is 5.75 Å². The fourth-order valence-electron chi connectivity index (χ4n) is 4.20. The van der Waals surface area contributed by atoms with Gasteiger partial charge in [0, 0.05) is 11.1 Å². The second kappa shape index (κ2) is 11.5. The third-order valence-electron chi connectivity index (χ3n) is 6.04. The molecule has 0 saturated heterocycles. The third-order valence-corrected chi connectivity index (χ3v) is 8.01. The summed E-state index contributed by atoms with van der Waals surface area (Å²) in [6.07, 6.45) is 1.62. The van der Waals surface area contributed by atoms with Crippen LogP contribution in [0.4, 0.5) is 0 Å². The largest absolute Gasteiger partial charge is 0.461 e.